The summed E-state index contributed by atoms with van der Waals surface area (Å²) in [4.78, 5) is 11.4. The molecule has 2 aliphatic rings. The SMILES string of the molecule is CCOC(=O)C1=NN=C(OC2CCCCO2)C1. The minimum atomic E-state index is -0.431. The Bertz CT molecular complexity index is 345. The Balaban J connectivity index is 1.77. The smallest absolute Gasteiger partial charge is 0.355 e. The molecule has 2 rings (SSSR count). The molecule has 0 aromatic carbocycles. The van der Waals surface area contributed by atoms with E-state index >= 15 is 0 Å². The predicted molar refractivity (Wildman–Crippen MR) is 60.8 cm³/mol. The number of hydrogen-bond donors (Lipinski definition) is 0. The molecule has 2 aliphatic heterocycles. The molecule has 0 spiro atoms. The van der Waals surface area contributed by atoms with E-state index in [0.29, 0.717) is 25.5 Å². The fourth-order valence-corrected chi connectivity index (χ4v) is 1.68. The summed E-state index contributed by atoms with van der Waals surface area (Å²) < 4.78 is 15.8. The topological polar surface area (TPSA) is 69.5 Å². The Morgan fingerprint density at radius 3 is 3.06 bits per heavy atom. The van der Waals surface area contributed by atoms with Crippen molar-refractivity contribution in [3.05, 3.63) is 0 Å². The van der Waals surface area contributed by atoms with E-state index in [1.807, 2.05) is 0 Å². The van der Waals surface area contributed by atoms with Crippen LogP contribution in [0.25, 0.3) is 0 Å². The van der Waals surface area contributed by atoms with Crippen molar-refractivity contribution in [3.8, 4) is 0 Å². The van der Waals surface area contributed by atoms with Crippen molar-refractivity contribution >= 4 is 17.6 Å². The highest BCUT2D eigenvalue weighted by atomic mass is 16.7. The van der Waals surface area contributed by atoms with Crippen molar-refractivity contribution in [1.29, 1.82) is 0 Å². The van der Waals surface area contributed by atoms with Gasteiger partial charge in [0.25, 0.3) is 0 Å². The number of ether oxygens (including phenoxy) is 3. The number of carbonyl (C=O) groups is 1. The maximum Gasteiger partial charge on any atom is 0.355 e. The zero-order valence-electron chi connectivity index (χ0n) is 9.85. The Labute approximate surface area is 99.6 Å². The molecule has 0 aromatic rings. The first-order valence-corrected chi connectivity index (χ1v) is 5.88. The van der Waals surface area contributed by atoms with E-state index in [1.165, 1.54) is 0 Å². The summed E-state index contributed by atoms with van der Waals surface area (Å²) >= 11 is 0. The van der Waals surface area contributed by atoms with E-state index in [4.69, 9.17) is 14.2 Å². The molecule has 2 heterocycles. The monoisotopic (exact) mass is 240 g/mol. The maximum absolute atomic E-state index is 11.4. The molecule has 6 heteroatoms. The van der Waals surface area contributed by atoms with Crippen molar-refractivity contribution < 1.29 is 19.0 Å². The van der Waals surface area contributed by atoms with Crippen molar-refractivity contribution in [2.24, 2.45) is 10.2 Å². The van der Waals surface area contributed by atoms with E-state index < -0.39 is 5.97 Å². The van der Waals surface area contributed by atoms with Gasteiger partial charge in [-0.1, -0.05) is 0 Å². The number of rotatable bonds is 3. The Hall–Kier alpha value is -1.43. The van der Waals surface area contributed by atoms with Crippen molar-refractivity contribution in [3.63, 3.8) is 0 Å². The third-order valence-corrected chi connectivity index (χ3v) is 2.52. The maximum atomic E-state index is 11.4. The first-order chi connectivity index (χ1) is 8.29. The number of hydrogen-bond acceptors (Lipinski definition) is 6. The Morgan fingerprint density at radius 1 is 1.47 bits per heavy atom. The molecule has 1 atom stereocenters. The van der Waals surface area contributed by atoms with Gasteiger partial charge in [-0.25, -0.2) is 4.79 Å². The summed E-state index contributed by atoms with van der Waals surface area (Å²) in [6.45, 7) is 2.80. The van der Waals surface area contributed by atoms with Crippen molar-refractivity contribution in [1.82, 2.24) is 0 Å². The highest BCUT2D eigenvalue weighted by Crippen LogP contribution is 2.16. The van der Waals surface area contributed by atoms with Crippen LogP contribution >= 0.6 is 0 Å². The summed E-state index contributed by atoms with van der Waals surface area (Å²) in [7, 11) is 0. The standard InChI is InChI=1S/C11H16N2O4/c1-2-15-11(14)8-7-9(13-12-8)17-10-5-3-4-6-16-10/h10H,2-7H2,1H3. The minimum absolute atomic E-state index is 0.251. The molecule has 0 N–H and O–H groups in total. The van der Waals surface area contributed by atoms with Crippen LogP contribution in [0.15, 0.2) is 10.2 Å². The van der Waals surface area contributed by atoms with Gasteiger partial charge in [0, 0.05) is 6.42 Å². The van der Waals surface area contributed by atoms with Gasteiger partial charge in [0.05, 0.1) is 19.6 Å². The van der Waals surface area contributed by atoms with Gasteiger partial charge >= 0.3 is 5.97 Å². The molecule has 1 fully saturated rings. The fourth-order valence-electron chi connectivity index (χ4n) is 1.68. The predicted octanol–water partition coefficient (Wildman–Crippen LogP) is 1.25. The average molecular weight is 240 g/mol. The number of nitrogens with zero attached hydrogens (tertiary/aromatic N) is 2. The second-order valence-electron chi connectivity index (χ2n) is 3.85. The molecule has 1 saturated heterocycles. The summed E-state index contributed by atoms with van der Waals surface area (Å²) in [5, 5.41) is 7.57. The van der Waals surface area contributed by atoms with Gasteiger partial charge in [0.15, 0.2) is 5.71 Å². The average Bonchev–Trinajstić information content (AvgIpc) is 2.79. The second-order valence-corrected chi connectivity index (χ2v) is 3.85. The van der Waals surface area contributed by atoms with Crippen LogP contribution in [0.5, 0.6) is 0 Å². The lowest BCUT2D eigenvalue weighted by Gasteiger charge is -2.22. The molecule has 6 nitrogen and oxygen atoms in total. The van der Waals surface area contributed by atoms with Crippen LogP contribution in [0.4, 0.5) is 0 Å². The largest absolute Gasteiger partial charge is 0.461 e. The fraction of sp³-hybridized carbons (Fsp3) is 0.727. The van der Waals surface area contributed by atoms with Gasteiger partial charge in [-0.05, 0) is 19.8 Å². The van der Waals surface area contributed by atoms with Crippen LogP contribution in [0.3, 0.4) is 0 Å². The van der Waals surface area contributed by atoms with Crippen molar-refractivity contribution in [2.75, 3.05) is 13.2 Å². The summed E-state index contributed by atoms with van der Waals surface area (Å²) in [5.74, 6) is -0.000587. The molecule has 94 valence electrons. The first-order valence-electron chi connectivity index (χ1n) is 5.88. The summed E-state index contributed by atoms with van der Waals surface area (Å²) in [6.07, 6.45) is 3.05. The van der Waals surface area contributed by atoms with Gasteiger partial charge in [0.2, 0.25) is 12.2 Å². The van der Waals surface area contributed by atoms with Crippen LogP contribution in [0, 0.1) is 0 Å². The minimum Gasteiger partial charge on any atom is -0.461 e. The highest BCUT2D eigenvalue weighted by Gasteiger charge is 2.25. The van der Waals surface area contributed by atoms with E-state index in [0.717, 1.165) is 19.3 Å². The third kappa shape index (κ3) is 3.26. The molecule has 17 heavy (non-hydrogen) atoms. The van der Waals surface area contributed by atoms with Crippen LogP contribution in [0.1, 0.15) is 32.6 Å². The normalized spacial score (nSPS) is 23.9. The quantitative estimate of drug-likeness (QED) is 0.696. The molecule has 0 aliphatic carbocycles. The molecular weight excluding hydrogens is 224 g/mol. The molecule has 1 unspecified atom stereocenters. The molecule has 0 bridgehead atoms. The molecular formula is C11H16N2O4. The van der Waals surface area contributed by atoms with Crippen LogP contribution < -0.4 is 0 Å². The zero-order valence-corrected chi connectivity index (χ0v) is 9.85. The Kier molecular flexibility index (Phi) is 4.08. The van der Waals surface area contributed by atoms with Gasteiger partial charge < -0.3 is 14.2 Å². The lowest BCUT2D eigenvalue weighted by Crippen LogP contribution is -2.26. The lowest BCUT2D eigenvalue weighted by atomic mass is 10.2. The van der Waals surface area contributed by atoms with Gasteiger partial charge in [-0.2, -0.15) is 0 Å². The molecule has 0 amide bonds. The van der Waals surface area contributed by atoms with Crippen LogP contribution in [-0.2, 0) is 19.0 Å². The lowest BCUT2D eigenvalue weighted by molar-refractivity contribution is -0.135. The van der Waals surface area contributed by atoms with Crippen LogP contribution in [-0.4, -0.2) is 37.1 Å². The second kappa shape index (κ2) is 5.77. The van der Waals surface area contributed by atoms with Crippen molar-refractivity contribution in [2.45, 2.75) is 38.9 Å². The molecule has 0 aromatic heterocycles. The zero-order chi connectivity index (χ0) is 12.1. The van der Waals surface area contributed by atoms with Crippen LogP contribution in [0.2, 0.25) is 0 Å². The third-order valence-electron chi connectivity index (χ3n) is 2.52. The highest BCUT2D eigenvalue weighted by molar-refractivity contribution is 6.40. The van der Waals surface area contributed by atoms with Gasteiger partial charge in [0.1, 0.15) is 0 Å². The van der Waals surface area contributed by atoms with Gasteiger partial charge in [-0.15, -0.1) is 10.2 Å². The number of esters is 1. The molecule has 0 saturated carbocycles. The van der Waals surface area contributed by atoms with Gasteiger partial charge in [-0.3, -0.25) is 0 Å². The van der Waals surface area contributed by atoms with E-state index in [2.05, 4.69) is 10.2 Å². The summed E-state index contributed by atoms with van der Waals surface area (Å²) in [5.41, 5.74) is 0.289. The van der Waals surface area contributed by atoms with E-state index in [-0.39, 0.29) is 12.0 Å². The first kappa shape index (κ1) is 12.0. The van der Waals surface area contributed by atoms with E-state index in [1.54, 1.807) is 6.92 Å². The summed E-state index contributed by atoms with van der Waals surface area (Å²) in [6, 6.07) is 0. The van der Waals surface area contributed by atoms with E-state index in [9.17, 15) is 4.79 Å². The Morgan fingerprint density at radius 2 is 2.35 bits per heavy atom. The molecule has 0 radical (unpaired) electrons. The number of carbonyl (C=O) groups excluding carboxylic acids is 1.